The van der Waals surface area contributed by atoms with Crippen LogP contribution in [0.15, 0.2) is 10.9 Å². The van der Waals surface area contributed by atoms with Gasteiger partial charge in [-0.3, -0.25) is 4.79 Å². The highest BCUT2D eigenvalue weighted by molar-refractivity contribution is 7.07. The van der Waals surface area contributed by atoms with E-state index in [9.17, 15) is 4.79 Å². The first-order chi connectivity index (χ1) is 7.33. The minimum Gasteiger partial charge on any atom is -0.383 e. The first kappa shape index (κ1) is 12.1. The Hall–Kier alpha value is -0.980. The molecule has 0 aromatic carbocycles. The Bertz CT molecular complexity index is 277. The fourth-order valence-electron chi connectivity index (χ4n) is 0.953. The average molecular weight is 229 g/mol. The lowest BCUT2D eigenvalue weighted by atomic mass is 10.4. The number of ether oxygens (including phenoxy) is 1. The molecule has 0 saturated carbocycles. The number of carbonyl (C=O) groups excluding carboxylic acids is 1. The van der Waals surface area contributed by atoms with Crippen molar-refractivity contribution in [3.8, 4) is 0 Å². The fourth-order valence-corrected chi connectivity index (χ4v) is 1.51. The maximum atomic E-state index is 11.3. The summed E-state index contributed by atoms with van der Waals surface area (Å²) >= 11 is 1.52. The van der Waals surface area contributed by atoms with Gasteiger partial charge >= 0.3 is 0 Å². The second-order valence-corrected chi connectivity index (χ2v) is 3.64. The molecule has 1 amide bonds. The van der Waals surface area contributed by atoms with Crippen LogP contribution in [0.25, 0.3) is 0 Å². The lowest BCUT2D eigenvalue weighted by molar-refractivity contribution is -0.120. The van der Waals surface area contributed by atoms with Crippen molar-refractivity contribution in [2.24, 2.45) is 0 Å². The number of amides is 1. The Morgan fingerprint density at radius 3 is 3.20 bits per heavy atom. The number of carbonyl (C=O) groups is 1. The average Bonchev–Trinajstić information content (AvgIpc) is 2.74. The smallest absolute Gasteiger partial charge is 0.234 e. The van der Waals surface area contributed by atoms with Crippen LogP contribution >= 0.6 is 11.3 Å². The van der Waals surface area contributed by atoms with E-state index in [0.29, 0.717) is 26.2 Å². The summed E-state index contributed by atoms with van der Waals surface area (Å²) in [5.74, 6) is -0.0286. The summed E-state index contributed by atoms with van der Waals surface area (Å²) in [5, 5.41) is 7.64. The molecule has 1 rings (SSSR count). The Labute approximate surface area is 92.9 Å². The van der Waals surface area contributed by atoms with Crippen LogP contribution in [0, 0.1) is 0 Å². The molecule has 1 aromatic heterocycles. The minimum absolute atomic E-state index is 0.0286. The quantitative estimate of drug-likeness (QED) is 0.646. The number of methoxy groups -OCH3 is 1. The highest BCUT2D eigenvalue weighted by atomic mass is 32.1. The Morgan fingerprint density at radius 2 is 2.53 bits per heavy atom. The van der Waals surface area contributed by atoms with Gasteiger partial charge in [0.1, 0.15) is 0 Å². The van der Waals surface area contributed by atoms with E-state index in [0.717, 1.165) is 5.69 Å². The topological polar surface area (TPSA) is 63.2 Å². The van der Waals surface area contributed by atoms with Gasteiger partial charge in [0.25, 0.3) is 0 Å². The zero-order valence-electron chi connectivity index (χ0n) is 8.66. The molecule has 84 valence electrons. The molecular formula is C9H15N3O2S. The monoisotopic (exact) mass is 229 g/mol. The van der Waals surface area contributed by atoms with Gasteiger partial charge in [-0.15, -0.1) is 11.3 Å². The van der Waals surface area contributed by atoms with Crippen molar-refractivity contribution in [2.45, 2.75) is 6.54 Å². The maximum Gasteiger partial charge on any atom is 0.234 e. The molecule has 0 saturated heterocycles. The Morgan fingerprint density at radius 1 is 1.67 bits per heavy atom. The van der Waals surface area contributed by atoms with E-state index in [2.05, 4.69) is 15.6 Å². The third kappa shape index (κ3) is 5.46. The number of nitrogens with one attached hydrogen (secondary N) is 2. The standard InChI is InChI=1S/C9H15N3O2S/c1-14-3-2-10-5-9(13)11-4-8-6-15-7-12-8/h6-7,10H,2-5H2,1H3,(H,11,13). The molecule has 0 aliphatic rings. The molecule has 0 aliphatic heterocycles. The second-order valence-electron chi connectivity index (χ2n) is 2.93. The van der Waals surface area contributed by atoms with Gasteiger partial charge in [-0.25, -0.2) is 4.98 Å². The number of rotatable bonds is 7. The van der Waals surface area contributed by atoms with Crippen molar-refractivity contribution >= 4 is 17.2 Å². The van der Waals surface area contributed by atoms with Gasteiger partial charge in [0.05, 0.1) is 30.9 Å². The van der Waals surface area contributed by atoms with Crippen LogP contribution in [0.2, 0.25) is 0 Å². The summed E-state index contributed by atoms with van der Waals surface area (Å²) < 4.78 is 4.84. The van der Waals surface area contributed by atoms with E-state index in [4.69, 9.17) is 4.74 Å². The van der Waals surface area contributed by atoms with Crippen molar-refractivity contribution < 1.29 is 9.53 Å². The van der Waals surface area contributed by atoms with Gasteiger partial charge < -0.3 is 15.4 Å². The summed E-state index contributed by atoms with van der Waals surface area (Å²) in [6, 6.07) is 0. The molecule has 0 atom stereocenters. The highest BCUT2D eigenvalue weighted by Crippen LogP contribution is 1.99. The number of nitrogens with zero attached hydrogens (tertiary/aromatic N) is 1. The van der Waals surface area contributed by atoms with Crippen LogP contribution in [0.4, 0.5) is 0 Å². The summed E-state index contributed by atoms with van der Waals surface area (Å²) in [4.78, 5) is 15.3. The normalized spacial score (nSPS) is 10.2. The van der Waals surface area contributed by atoms with Crippen LogP contribution in [-0.2, 0) is 16.1 Å². The van der Waals surface area contributed by atoms with Crippen molar-refractivity contribution in [1.82, 2.24) is 15.6 Å². The molecule has 1 aromatic rings. The van der Waals surface area contributed by atoms with Crippen LogP contribution in [0.3, 0.4) is 0 Å². The van der Waals surface area contributed by atoms with Crippen LogP contribution in [-0.4, -0.2) is 37.7 Å². The molecule has 15 heavy (non-hydrogen) atoms. The maximum absolute atomic E-state index is 11.3. The molecule has 0 bridgehead atoms. The molecule has 0 fully saturated rings. The van der Waals surface area contributed by atoms with Crippen LogP contribution in [0.5, 0.6) is 0 Å². The fraction of sp³-hybridized carbons (Fsp3) is 0.556. The van der Waals surface area contributed by atoms with E-state index < -0.39 is 0 Å². The van der Waals surface area contributed by atoms with Gasteiger partial charge in [0.15, 0.2) is 0 Å². The molecule has 2 N–H and O–H groups in total. The lowest BCUT2D eigenvalue weighted by Crippen LogP contribution is -2.34. The number of hydrogen-bond donors (Lipinski definition) is 2. The third-order valence-electron chi connectivity index (χ3n) is 1.72. The number of aromatic nitrogens is 1. The van der Waals surface area contributed by atoms with Crippen LogP contribution in [0.1, 0.15) is 5.69 Å². The summed E-state index contributed by atoms with van der Waals surface area (Å²) in [5.41, 5.74) is 2.64. The molecule has 0 spiro atoms. The van der Waals surface area contributed by atoms with E-state index in [1.807, 2.05) is 5.38 Å². The predicted octanol–water partition coefficient (Wildman–Crippen LogP) is -0.00470. The van der Waals surface area contributed by atoms with Crippen molar-refractivity contribution in [1.29, 1.82) is 0 Å². The van der Waals surface area contributed by atoms with Gasteiger partial charge in [-0.1, -0.05) is 0 Å². The van der Waals surface area contributed by atoms with Gasteiger partial charge in [-0.05, 0) is 0 Å². The van der Waals surface area contributed by atoms with Crippen molar-refractivity contribution in [3.05, 3.63) is 16.6 Å². The van der Waals surface area contributed by atoms with E-state index in [1.165, 1.54) is 11.3 Å². The van der Waals surface area contributed by atoms with E-state index in [-0.39, 0.29) is 5.91 Å². The van der Waals surface area contributed by atoms with Gasteiger partial charge in [0.2, 0.25) is 5.91 Å². The molecule has 1 heterocycles. The lowest BCUT2D eigenvalue weighted by Gasteiger charge is -2.04. The molecule has 0 radical (unpaired) electrons. The third-order valence-corrected chi connectivity index (χ3v) is 2.35. The van der Waals surface area contributed by atoms with Crippen molar-refractivity contribution in [2.75, 3.05) is 26.8 Å². The van der Waals surface area contributed by atoms with E-state index in [1.54, 1.807) is 12.6 Å². The molecule has 6 heteroatoms. The second kappa shape index (κ2) is 7.33. The summed E-state index contributed by atoms with van der Waals surface area (Å²) in [7, 11) is 1.63. The van der Waals surface area contributed by atoms with Crippen LogP contribution < -0.4 is 10.6 Å². The highest BCUT2D eigenvalue weighted by Gasteiger charge is 2.00. The SMILES string of the molecule is COCCNCC(=O)NCc1cscn1. The molecular weight excluding hydrogens is 214 g/mol. The van der Waals surface area contributed by atoms with Crippen molar-refractivity contribution in [3.63, 3.8) is 0 Å². The summed E-state index contributed by atoms with van der Waals surface area (Å²) in [6.07, 6.45) is 0. The molecule has 0 unspecified atom stereocenters. The van der Waals surface area contributed by atoms with E-state index >= 15 is 0 Å². The zero-order valence-corrected chi connectivity index (χ0v) is 9.47. The largest absolute Gasteiger partial charge is 0.383 e. The molecule has 5 nitrogen and oxygen atoms in total. The zero-order chi connectivity index (χ0) is 10.9. The van der Waals surface area contributed by atoms with Gasteiger partial charge in [-0.2, -0.15) is 0 Å². The number of hydrogen-bond acceptors (Lipinski definition) is 5. The predicted molar refractivity (Wildman–Crippen MR) is 58.7 cm³/mol. The summed E-state index contributed by atoms with van der Waals surface area (Å²) in [6.45, 7) is 2.10. The molecule has 0 aliphatic carbocycles. The Balaban J connectivity index is 2.04. The Kier molecular flexibility index (Phi) is 5.91. The first-order valence-corrected chi connectivity index (χ1v) is 5.60. The van der Waals surface area contributed by atoms with Gasteiger partial charge in [0, 0.05) is 19.0 Å². The number of thiazole rings is 1. The first-order valence-electron chi connectivity index (χ1n) is 4.66. The minimum atomic E-state index is -0.0286.